The molecule has 0 saturated carbocycles. The molecule has 1 saturated heterocycles. The minimum Gasteiger partial charge on any atom is -0.508 e. The molecule has 1 fully saturated rings. The highest BCUT2D eigenvalue weighted by Gasteiger charge is 2.28. The number of aromatic hydroxyl groups is 1. The summed E-state index contributed by atoms with van der Waals surface area (Å²) in [4.78, 5) is 2.46. The Labute approximate surface area is 115 Å². The van der Waals surface area contributed by atoms with Crippen LogP contribution >= 0.6 is 11.6 Å². The van der Waals surface area contributed by atoms with E-state index < -0.39 is 0 Å². The summed E-state index contributed by atoms with van der Waals surface area (Å²) in [5, 5.41) is 10.7. The van der Waals surface area contributed by atoms with Crippen LogP contribution in [0.1, 0.15) is 45.2 Å². The Morgan fingerprint density at radius 2 is 2.11 bits per heavy atom. The second-order valence-corrected chi connectivity index (χ2v) is 6.03. The van der Waals surface area contributed by atoms with E-state index in [2.05, 4.69) is 25.7 Å². The standard InChI is InChI=1S/C15H22ClNO/c1-10-6-7-17(11(2)8-10)12(3)14-9-13(16)4-5-15(14)18/h4-5,9-12,18H,6-8H2,1-3H3. The van der Waals surface area contributed by atoms with Gasteiger partial charge in [0.2, 0.25) is 0 Å². The van der Waals surface area contributed by atoms with Crippen LogP contribution in [-0.4, -0.2) is 22.6 Å². The molecule has 0 radical (unpaired) electrons. The number of rotatable bonds is 2. The van der Waals surface area contributed by atoms with Crippen molar-refractivity contribution in [1.82, 2.24) is 4.90 Å². The molecule has 100 valence electrons. The zero-order valence-corrected chi connectivity index (χ0v) is 12.1. The molecule has 1 aliphatic rings. The van der Waals surface area contributed by atoms with Crippen LogP contribution in [0, 0.1) is 5.92 Å². The predicted octanol–water partition coefficient (Wildman–Crippen LogP) is 4.23. The topological polar surface area (TPSA) is 23.5 Å². The van der Waals surface area contributed by atoms with Gasteiger partial charge in [-0.3, -0.25) is 4.90 Å². The third kappa shape index (κ3) is 2.81. The maximum absolute atomic E-state index is 9.99. The van der Waals surface area contributed by atoms with E-state index in [9.17, 15) is 5.11 Å². The maximum atomic E-state index is 9.99. The van der Waals surface area contributed by atoms with Gasteiger partial charge in [-0.15, -0.1) is 0 Å². The fourth-order valence-electron chi connectivity index (χ4n) is 3.04. The zero-order chi connectivity index (χ0) is 13.3. The first kappa shape index (κ1) is 13.7. The molecule has 0 spiro atoms. The molecular formula is C15H22ClNO. The second-order valence-electron chi connectivity index (χ2n) is 5.60. The Morgan fingerprint density at radius 1 is 1.39 bits per heavy atom. The van der Waals surface area contributed by atoms with E-state index in [4.69, 9.17) is 11.6 Å². The van der Waals surface area contributed by atoms with Crippen LogP contribution < -0.4 is 0 Å². The van der Waals surface area contributed by atoms with Crippen LogP contribution in [0.5, 0.6) is 5.75 Å². The summed E-state index contributed by atoms with van der Waals surface area (Å²) in [5.74, 6) is 1.15. The van der Waals surface area contributed by atoms with Gasteiger partial charge in [-0.25, -0.2) is 0 Å². The van der Waals surface area contributed by atoms with E-state index in [-0.39, 0.29) is 6.04 Å². The summed E-state index contributed by atoms with van der Waals surface area (Å²) in [6.07, 6.45) is 2.46. The highest BCUT2D eigenvalue weighted by atomic mass is 35.5. The zero-order valence-electron chi connectivity index (χ0n) is 11.4. The molecule has 0 aliphatic carbocycles. The number of halogens is 1. The average molecular weight is 268 g/mol. The van der Waals surface area contributed by atoms with E-state index in [1.54, 1.807) is 12.1 Å². The Morgan fingerprint density at radius 3 is 2.78 bits per heavy atom. The van der Waals surface area contributed by atoms with Crippen molar-refractivity contribution < 1.29 is 5.11 Å². The molecular weight excluding hydrogens is 246 g/mol. The van der Waals surface area contributed by atoms with Crippen LogP contribution in [0.25, 0.3) is 0 Å². The van der Waals surface area contributed by atoms with Gasteiger partial charge in [0.1, 0.15) is 5.75 Å². The molecule has 0 amide bonds. The molecule has 3 atom stereocenters. The first-order chi connectivity index (χ1) is 8.49. The summed E-state index contributed by atoms with van der Waals surface area (Å²) >= 11 is 6.03. The molecule has 3 unspecified atom stereocenters. The van der Waals surface area contributed by atoms with Crippen molar-refractivity contribution in [3.8, 4) is 5.75 Å². The lowest BCUT2D eigenvalue weighted by molar-refractivity contribution is 0.0883. The summed E-state index contributed by atoms with van der Waals surface area (Å²) in [5.41, 5.74) is 0.934. The number of piperidine rings is 1. The lowest BCUT2D eigenvalue weighted by Crippen LogP contribution is -2.41. The number of hydrogen-bond donors (Lipinski definition) is 1. The maximum Gasteiger partial charge on any atom is 0.120 e. The van der Waals surface area contributed by atoms with Crippen LogP contribution in [-0.2, 0) is 0 Å². The van der Waals surface area contributed by atoms with Crippen molar-refractivity contribution >= 4 is 11.6 Å². The molecule has 1 aromatic rings. The minimum atomic E-state index is 0.214. The van der Waals surface area contributed by atoms with Gasteiger partial charge >= 0.3 is 0 Å². The van der Waals surface area contributed by atoms with Crippen LogP contribution in [0.3, 0.4) is 0 Å². The third-order valence-electron chi connectivity index (χ3n) is 4.13. The Hall–Kier alpha value is -0.730. The highest BCUT2D eigenvalue weighted by Crippen LogP contribution is 2.35. The SMILES string of the molecule is CC1CCN(C(C)c2cc(Cl)ccc2O)C(C)C1. The molecule has 1 aromatic carbocycles. The normalized spacial score (nSPS) is 27.1. The molecule has 2 nitrogen and oxygen atoms in total. The van der Waals surface area contributed by atoms with Crippen LogP contribution in [0.2, 0.25) is 5.02 Å². The van der Waals surface area contributed by atoms with Crippen molar-refractivity contribution in [2.24, 2.45) is 5.92 Å². The molecule has 0 aromatic heterocycles. The van der Waals surface area contributed by atoms with Gasteiger partial charge in [-0.05, 0) is 57.4 Å². The third-order valence-corrected chi connectivity index (χ3v) is 4.36. The molecule has 3 heteroatoms. The van der Waals surface area contributed by atoms with E-state index in [1.165, 1.54) is 12.8 Å². The van der Waals surface area contributed by atoms with Crippen molar-refractivity contribution in [2.75, 3.05) is 6.54 Å². The number of phenolic OH excluding ortho intramolecular Hbond substituents is 1. The van der Waals surface area contributed by atoms with Gasteiger partial charge in [0.25, 0.3) is 0 Å². The number of benzene rings is 1. The van der Waals surface area contributed by atoms with Crippen LogP contribution in [0.15, 0.2) is 18.2 Å². The van der Waals surface area contributed by atoms with Gasteiger partial charge in [0, 0.05) is 22.7 Å². The van der Waals surface area contributed by atoms with Crippen molar-refractivity contribution in [2.45, 2.75) is 45.7 Å². The fourth-order valence-corrected chi connectivity index (χ4v) is 3.22. The van der Waals surface area contributed by atoms with Gasteiger partial charge in [-0.1, -0.05) is 18.5 Å². The largest absolute Gasteiger partial charge is 0.508 e. The molecule has 1 N–H and O–H groups in total. The summed E-state index contributed by atoms with van der Waals surface area (Å²) in [6.45, 7) is 7.83. The molecule has 2 rings (SSSR count). The van der Waals surface area contributed by atoms with E-state index >= 15 is 0 Å². The quantitative estimate of drug-likeness (QED) is 0.867. The fraction of sp³-hybridized carbons (Fsp3) is 0.600. The number of nitrogens with zero attached hydrogens (tertiary/aromatic N) is 1. The first-order valence-electron chi connectivity index (χ1n) is 6.73. The number of likely N-dealkylation sites (tertiary alicyclic amines) is 1. The summed E-state index contributed by atoms with van der Waals surface area (Å²) < 4.78 is 0. The van der Waals surface area contributed by atoms with E-state index in [1.807, 2.05) is 6.07 Å². The smallest absolute Gasteiger partial charge is 0.120 e. The summed E-state index contributed by atoms with van der Waals surface area (Å²) in [7, 11) is 0. The highest BCUT2D eigenvalue weighted by molar-refractivity contribution is 6.30. The molecule has 18 heavy (non-hydrogen) atoms. The van der Waals surface area contributed by atoms with Gasteiger partial charge in [-0.2, -0.15) is 0 Å². The van der Waals surface area contributed by atoms with Crippen molar-refractivity contribution in [3.63, 3.8) is 0 Å². The van der Waals surface area contributed by atoms with Gasteiger partial charge < -0.3 is 5.11 Å². The average Bonchev–Trinajstić information content (AvgIpc) is 2.31. The first-order valence-corrected chi connectivity index (χ1v) is 7.11. The molecule has 1 aliphatic heterocycles. The molecule has 1 heterocycles. The lowest BCUT2D eigenvalue weighted by Gasteiger charge is -2.40. The van der Waals surface area contributed by atoms with E-state index in [0.29, 0.717) is 16.8 Å². The van der Waals surface area contributed by atoms with Gasteiger partial charge in [0.15, 0.2) is 0 Å². The van der Waals surface area contributed by atoms with Crippen molar-refractivity contribution in [1.29, 1.82) is 0 Å². The Bertz CT molecular complexity index is 421. The van der Waals surface area contributed by atoms with Crippen LogP contribution in [0.4, 0.5) is 0 Å². The Balaban J connectivity index is 2.20. The molecule has 0 bridgehead atoms. The number of phenols is 1. The number of hydrogen-bond acceptors (Lipinski definition) is 2. The Kier molecular flexibility index (Phi) is 4.18. The monoisotopic (exact) mass is 267 g/mol. The minimum absolute atomic E-state index is 0.214. The second kappa shape index (κ2) is 5.50. The summed E-state index contributed by atoms with van der Waals surface area (Å²) in [6, 6.07) is 6.07. The predicted molar refractivity (Wildman–Crippen MR) is 76.1 cm³/mol. The lowest BCUT2D eigenvalue weighted by atomic mass is 9.91. The van der Waals surface area contributed by atoms with Crippen molar-refractivity contribution in [3.05, 3.63) is 28.8 Å². The van der Waals surface area contributed by atoms with Gasteiger partial charge in [0.05, 0.1) is 0 Å². The van der Waals surface area contributed by atoms with E-state index in [0.717, 1.165) is 18.0 Å².